The Labute approximate surface area is 119 Å². The van der Waals surface area contributed by atoms with Gasteiger partial charge in [0.1, 0.15) is 11.5 Å². The average Bonchev–Trinajstić information content (AvgIpc) is 3.01. The van der Waals surface area contributed by atoms with Crippen LogP contribution < -0.4 is 14.8 Å². The van der Waals surface area contributed by atoms with Crippen molar-refractivity contribution in [3.05, 3.63) is 23.8 Å². The molecular formula is C15H22N2O3. The maximum atomic E-state index is 12.7. The van der Waals surface area contributed by atoms with Crippen LogP contribution in [-0.2, 0) is 0 Å². The number of amides is 1. The highest BCUT2D eigenvalue weighted by molar-refractivity contribution is 5.95. The minimum Gasteiger partial charge on any atom is -0.497 e. The highest BCUT2D eigenvalue weighted by Gasteiger charge is 2.26. The highest BCUT2D eigenvalue weighted by Crippen LogP contribution is 2.24. The van der Waals surface area contributed by atoms with Gasteiger partial charge in [0.2, 0.25) is 0 Å². The van der Waals surface area contributed by atoms with E-state index in [9.17, 15) is 4.79 Å². The highest BCUT2D eigenvalue weighted by atomic mass is 16.5. The molecule has 1 aromatic rings. The zero-order valence-corrected chi connectivity index (χ0v) is 12.3. The van der Waals surface area contributed by atoms with Crippen LogP contribution in [0.3, 0.4) is 0 Å². The predicted molar refractivity (Wildman–Crippen MR) is 77.5 cm³/mol. The quantitative estimate of drug-likeness (QED) is 0.887. The lowest BCUT2D eigenvalue weighted by atomic mass is 10.1. The van der Waals surface area contributed by atoms with E-state index in [-0.39, 0.29) is 11.9 Å². The number of methoxy groups -OCH3 is 2. The Hall–Kier alpha value is -1.75. The van der Waals surface area contributed by atoms with Crippen LogP contribution >= 0.6 is 0 Å². The van der Waals surface area contributed by atoms with Gasteiger partial charge < -0.3 is 19.7 Å². The summed E-state index contributed by atoms with van der Waals surface area (Å²) in [6, 6.07) is 5.56. The minimum atomic E-state index is 0.0263. The lowest BCUT2D eigenvalue weighted by Crippen LogP contribution is -2.41. The Bertz CT molecular complexity index is 448. The van der Waals surface area contributed by atoms with E-state index in [2.05, 4.69) is 5.32 Å². The normalized spacial score (nSPS) is 17.9. The summed E-state index contributed by atoms with van der Waals surface area (Å²) < 4.78 is 10.4. The van der Waals surface area contributed by atoms with Gasteiger partial charge in [-0.05, 0) is 32.0 Å². The summed E-state index contributed by atoms with van der Waals surface area (Å²) in [6.45, 7) is 4.54. The number of hydrogen-bond donors (Lipinski definition) is 1. The second-order valence-corrected chi connectivity index (χ2v) is 4.84. The molecule has 0 radical (unpaired) electrons. The Morgan fingerprint density at radius 2 is 1.95 bits per heavy atom. The average molecular weight is 278 g/mol. The Morgan fingerprint density at radius 3 is 2.40 bits per heavy atom. The lowest BCUT2D eigenvalue weighted by Gasteiger charge is -2.27. The molecular weight excluding hydrogens is 256 g/mol. The molecule has 1 heterocycles. The number of benzene rings is 1. The maximum absolute atomic E-state index is 12.7. The molecule has 1 unspecified atom stereocenters. The summed E-state index contributed by atoms with van der Waals surface area (Å²) in [7, 11) is 3.17. The van der Waals surface area contributed by atoms with Crippen molar-refractivity contribution in [3.8, 4) is 11.5 Å². The Morgan fingerprint density at radius 1 is 1.30 bits per heavy atom. The number of ether oxygens (including phenoxy) is 2. The molecule has 0 spiro atoms. The third kappa shape index (κ3) is 3.04. The molecule has 1 aliphatic heterocycles. The molecule has 1 saturated heterocycles. The van der Waals surface area contributed by atoms with Crippen LogP contribution in [0.5, 0.6) is 11.5 Å². The summed E-state index contributed by atoms with van der Waals surface area (Å²) in [5.41, 5.74) is 0.606. The van der Waals surface area contributed by atoms with Crippen LogP contribution in [0.15, 0.2) is 18.2 Å². The van der Waals surface area contributed by atoms with Crippen molar-refractivity contribution in [2.45, 2.75) is 19.4 Å². The summed E-state index contributed by atoms with van der Waals surface area (Å²) >= 11 is 0. The van der Waals surface area contributed by atoms with E-state index in [1.807, 2.05) is 11.8 Å². The predicted octanol–water partition coefficient (Wildman–Crippen LogP) is 1.53. The van der Waals surface area contributed by atoms with Crippen LogP contribution in [0.1, 0.15) is 23.7 Å². The van der Waals surface area contributed by atoms with Crippen molar-refractivity contribution in [1.29, 1.82) is 0 Å². The van der Waals surface area contributed by atoms with E-state index in [0.29, 0.717) is 23.6 Å². The van der Waals surface area contributed by atoms with Gasteiger partial charge in [-0.1, -0.05) is 0 Å². The van der Waals surface area contributed by atoms with Crippen LogP contribution in [0, 0.1) is 0 Å². The molecule has 5 nitrogen and oxygen atoms in total. The second-order valence-electron chi connectivity index (χ2n) is 4.84. The molecule has 0 aliphatic carbocycles. The first-order chi connectivity index (χ1) is 9.69. The molecule has 0 aromatic heterocycles. The second kappa shape index (κ2) is 6.61. The standard InChI is InChI=1S/C15H22N2O3/c1-4-17(12-5-6-16-10-12)15(18)11-7-13(19-2)9-14(8-11)20-3/h7-9,12,16H,4-6,10H2,1-3H3. The number of nitrogens with one attached hydrogen (secondary N) is 1. The summed E-state index contributed by atoms with van der Waals surface area (Å²) in [6.07, 6.45) is 1.00. The largest absolute Gasteiger partial charge is 0.497 e. The van der Waals surface area contributed by atoms with E-state index >= 15 is 0 Å². The maximum Gasteiger partial charge on any atom is 0.254 e. The van der Waals surface area contributed by atoms with Gasteiger partial charge in [0.25, 0.3) is 5.91 Å². The number of carbonyl (C=O) groups is 1. The van der Waals surface area contributed by atoms with E-state index in [1.54, 1.807) is 32.4 Å². The SMILES string of the molecule is CCN(C(=O)c1cc(OC)cc(OC)c1)C1CCNC1. The molecule has 0 bridgehead atoms. The number of carbonyl (C=O) groups excluding carboxylic acids is 1. The Balaban J connectivity index is 2.26. The van der Waals surface area contributed by atoms with Gasteiger partial charge in [-0.15, -0.1) is 0 Å². The summed E-state index contributed by atoms with van der Waals surface area (Å²) in [4.78, 5) is 14.6. The van der Waals surface area contributed by atoms with Gasteiger partial charge in [-0.25, -0.2) is 0 Å². The van der Waals surface area contributed by atoms with Gasteiger partial charge in [0, 0.05) is 30.8 Å². The lowest BCUT2D eigenvalue weighted by molar-refractivity contribution is 0.0703. The van der Waals surface area contributed by atoms with Crippen LogP contribution in [-0.4, -0.2) is 50.7 Å². The third-order valence-corrected chi connectivity index (χ3v) is 3.68. The van der Waals surface area contributed by atoms with Gasteiger partial charge in [0.15, 0.2) is 0 Å². The van der Waals surface area contributed by atoms with E-state index in [4.69, 9.17) is 9.47 Å². The van der Waals surface area contributed by atoms with Gasteiger partial charge in [-0.3, -0.25) is 4.79 Å². The fourth-order valence-corrected chi connectivity index (χ4v) is 2.57. The summed E-state index contributed by atoms with van der Waals surface area (Å²) in [5.74, 6) is 1.29. The number of nitrogens with zero attached hydrogens (tertiary/aromatic N) is 1. The summed E-state index contributed by atoms with van der Waals surface area (Å²) in [5, 5.41) is 3.30. The van der Waals surface area contributed by atoms with Crippen molar-refractivity contribution in [2.75, 3.05) is 33.9 Å². The molecule has 1 fully saturated rings. The molecule has 1 aromatic carbocycles. The van der Waals surface area contributed by atoms with Gasteiger partial charge in [0.05, 0.1) is 14.2 Å². The van der Waals surface area contributed by atoms with Gasteiger partial charge in [-0.2, -0.15) is 0 Å². The van der Waals surface area contributed by atoms with E-state index in [0.717, 1.165) is 19.5 Å². The van der Waals surface area contributed by atoms with E-state index in [1.165, 1.54) is 0 Å². The zero-order valence-electron chi connectivity index (χ0n) is 12.3. The van der Waals surface area contributed by atoms with Crippen LogP contribution in [0.2, 0.25) is 0 Å². The number of hydrogen-bond acceptors (Lipinski definition) is 4. The number of rotatable bonds is 5. The minimum absolute atomic E-state index is 0.0263. The van der Waals surface area contributed by atoms with Crippen molar-refractivity contribution in [3.63, 3.8) is 0 Å². The van der Waals surface area contributed by atoms with Crippen LogP contribution in [0.4, 0.5) is 0 Å². The fraction of sp³-hybridized carbons (Fsp3) is 0.533. The third-order valence-electron chi connectivity index (χ3n) is 3.68. The Kier molecular flexibility index (Phi) is 4.84. The fourth-order valence-electron chi connectivity index (χ4n) is 2.57. The van der Waals surface area contributed by atoms with Crippen LogP contribution in [0.25, 0.3) is 0 Å². The number of likely N-dealkylation sites (N-methyl/N-ethyl adjacent to an activating group) is 1. The first-order valence-electron chi connectivity index (χ1n) is 6.94. The first-order valence-corrected chi connectivity index (χ1v) is 6.94. The van der Waals surface area contributed by atoms with Crippen molar-refractivity contribution < 1.29 is 14.3 Å². The molecule has 1 N–H and O–H groups in total. The molecule has 0 saturated carbocycles. The van der Waals surface area contributed by atoms with Crippen molar-refractivity contribution in [2.24, 2.45) is 0 Å². The molecule has 5 heteroatoms. The molecule has 1 aliphatic rings. The molecule has 1 atom stereocenters. The smallest absolute Gasteiger partial charge is 0.254 e. The van der Waals surface area contributed by atoms with Crippen molar-refractivity contribution >= 4 is 5.91 Å². The van der Waals surface area contributed by atoms with Crippen molar-refractivity contribution in [1.82, 2.24) is 10.2 Å². The first kappa shape index (κ1) is 14.7. The zero-order chi connectivity index (χ0) is 14.5. The molecule has 1 amide bonds. The monoisotopic (exact) mass is 278 g/mol. The van der Waals surface area contributed by atoms with Gasteiger partial charge >= 0.3 is 0 Å². The molecule has 2 rings (SSSR count). The molecule has 20 heavy (non-hydrogen) atoms. The topological polar surface area (TPSA) is 50.8 Å². The molecule has 110 valence electrons. The van der Waals surface area contributed by atoms with E-state index < -0.39 is 0 Å².